The SMILES string of the molecule is Br.COC(Cc1ccnc2c(C)c(C)[nH]c12)OCc1ccc(F)cc1. The van der Waals surface area contributed by atoms with Crippen molar-refractivity contribution in [1.29, 1.82) is 0 Å². The Balaban J connectivity index is 0.00000225. The highest BCUT2D eigenvalue weighted by Gasteiger charge is 2.15. The van der Waals surface area contributed by atoms with E-state index in [-0.39, 0.29) is 29.1 Å². The highest BCUT2D eigenvalue weighted by Crippen LogP contribution is 2.23. The molecule has 0 radical (unpaired) electrons. The predicted octanol–water partition coefficient (Wildman–Crippen LogP) is 4.63. The van der Waals surface area contributed by atoms with Gasteiger partial charge in [0.25, 0.3) is 0 Å². The van der Waals surface area contributed by atoms with Crippen molar-refractivity contribution in [3.63, 3.8) is 0 Å². The molecule has 1 aromatic carbocycles. The number of nitrogens with one attached hydrogen (secondary N) is 1. The number of pyridine rings is 1. The molecule has 0 aliphatic heterocycles. The summed E-state index contributed by atoms with van der Waals surface area (Å²) in [6.45, 7) is 4.47. The number of aryl methyl sites for hydroxylation is 2. The molecule has 0 aliphatic carbocycles. The molecule has 1 N–H and O–H groups in total. The molecule has 6 heteroatoms. The Morgan fingerprint density at radius 3 is 2.56 bits per heavy atom. The second kappa shape index (κ2) is 8.56. The summed E-state index contributed by atoms with van der Waals surface area (Å²) in [5.41, 5.74) is 6.30. The average Bonchev–Trinajstić information content (AvgIpc) is 2.89. The van der Waals surface area contributed by atoms with Crippen LogP contribution in [0.1, 0.15) is 22.4 Å². The molecule has 0 spiro atoms. The summed E-state index contributed by atoms with van der Waals surface area (Å²) >= 11 is 0. The number of benzene rings is 1. The molecule has 2 heterocycles. The van der Waals surface area contributed by atoms with Gasteiger partial charge in [0, 0.05) is 25.4 Å². The van der Waals surface area contributed by atoms with Crippen molar-refractivity contribution in [3.8, 4) is 0 Å². The van der Waals surface area contributed by atoms with Gasteiger partial charge in [-0.2, -0.15) is 0 Å². The molecule has 0 aliphatic rings. The van der Waals surface area contributed by atoms with Crippen molar-refractivity contribution in [2.75, 3.05) is 7.11 Å². The molecule has 0 amide bonds. The van der Waals surface area contributed by atoms with Crippen molar-refractivity contribution in [3.05, 3.63) is 64.7 Å². The van der Waals surface area contributed by atoms with E-state index in [1.54, 1.807) is 19.2 Å². The maximum atomic E-state index is 12.9. The first-order chi connectivity index (χ1) is 11.6. The smallest absolute Gasteiger partial charge is 0.161 e. The average molecular weight is 409 g/mol. The van der Waals surface area contributed by atoms with E-state index >= 15 is 0 Å². The molecule has 0 bridgehead atoms. The number of hydrogen-bond acceptors (Lipinski definition) is 3. The van der Waals surface area contributed by atoms with Crippen LogP contribution in [-0.2, 0) is 22.5 Å². The fourth-order valence-corrected chi connectivity index (χ4v) is 2.71. The van der Waals surface area contributed by atoms with Crippen LogP contribution in [0, 0.1) is 19.7 Å². The van der Waals surface area contributed by atoms with Crippen LogP contribution in [-0.4, -0.2) is 23.4 Å². The van der Waals surface area contributed by atoms with Crippen molar-refractivity contribution in [1.82, 2.24) is 9.97 Å². The van der Waals surface area contributed by atoms with Gasteiger partial charge in [-0.15, -0.1) is 17.0 Å². The highest BCUT2D eigenvalue weighted by molar-refractivity contribution is 8.93. The summed E-state index contributed by atoms with van der Waals surface area (Å²) in [4.78, 5) is 7.84. The molecule has 0 saturated heterocycles. The van der Waals surface area contributed by atoms with E-state index in [1.165, 1.54) is 12.1 Å². The second-order valence-corrected chi connectivity index (χ2v) is 5.88. The topological polar surface area (TPSA) is 47.1 Å². The van der Waals surface area contributed by atoms with Crippen LogP contribution in [0.2, 0.25) is 0 Å². The summed E-state index contributed by atoms with van der Waals surface area (Å²) in [5, 5.41) is 0. The van der Waals surface area contributed by atoms with Gasteiger partial charge in [-0.3, -0.25) is 4.98 Å². The number of hydrogen-bond donors (Lipinski definition) is 1. The van der Waals surface area contributed by atoms with Gasteiger partial charge in [0.05, 0.1) is 17.6 Å². The molecule has 2 aromatic heterocycles. The largest absolute Gasteiger partial charge is 0.357 e. The monoisotopic (exact) mass is 408 g/mol. The zero-order valence-corrected chi connectivity index (χ0v) is 16.2. The Morgan fingerprint density at radius 2 is 1.88 bits per heavy atom. The minimum Gasteiger partial charge on any atom is -0.357 e. The molecule has 3 aromatic rings. The number of halogens is 2. The van der Waals surface area contributed by atoms with Crippen LogP contribution >= 0.6 is 17.0 Å². The molecule has 4 nitrogen and oxygen atoms in total. The third kappa shape index (κ3) is 4.45. The lowest BCUT2D eigenvalue weighted by Gasteiger charge is -2.17. The second-order valence-electron chi connectivity index (χ2n) is 5.88. The van der Waals surface area contributed by atoms with Crippen molar-refractivity contribution in [2.45, 2.75) is 33.2 Å². The van der Waals surface area contributed by atoms with E-state index in [2.05, 4.69) is 16.9 Å². The maximum Gasteiger partial charge on any atom is 0.161 e. The third-order valence-electron chi connectivity index (χ3n) is 4.27. The summed E-state index contributed by atoms with van der Waals surface area (Å²) in [6.07, 6.45) is 2.03. The van der Waals surface area contributed by atoms with E-state index in [4.69, 9.17) is 9.47 Å². The lowest BCUT2D eigenvalue weighted by molar-refractivity contribution is -0.130. The first-order valence-electron chi connectivity index (χ1n) is 7.90. The molecule has 1 unspecified atom stereocenters. The van der Waals surface area contributed by atoms with E-state index in [9.17, 15) is 4.39 Å². The van der Waals surface area contributed by atoms with Crippen LogP contribution in [0.5, 0.6) is 0 Å². The lowest BCUT2D eigenvalue weighted by Crippen LogP contribution is -2.18. The normalized spacial score (nSPS) is 12.2. The fourth-order valence-electron chi connectivity index (χ4n) is 2.71. The minimum atomic E-state index is -0.385. The summed E-state index contributed by atoms with van der Waals surface area (Å²) in [5.74, 6) is -0.251. The van der Waals surface area contributed by atoms with Gasteiger partial charge in [-0.05, 0) is 48.7 Å². The van der Waals surface area contributed by atoms with Crippen molar-refractivity contribution >= 4 is 28.0 Å². The molecular formula is C19H22BrFN2O2. The standard InChI is InChI=1S/C19H21FN2O2.BrH/c1-12-13(2)22-19-15(8-9-21-18(12)19)10-17(23-3)24-11-14-4-6-16(20)7-5-14;/h4-9,17,22H,10-11H2,1-3H3;1H. The van der Waals surface area contributed by atoms with E-state index in [0.717, 1.165) is 33.4 Å². The first-order valence-corrected chi connectivity index (χ1v) is 7.90. The summed E-state index contributed by atoms with van der Waals surface area (Å²) < 4.78 is 24.2. The number of methoxy groups -OCH3 is 1. The summed E-state index contributed by atoms with van der Waals surface area (Å²) in [6, 6.07) is 8.26. The summed E-state index contributed by atoms with van der Waals surface area (Å²) in [7, 11) is 1.62. The number of H-pyrrole nitrogens is 1. The van der Waals surface area contributed by atoms with Crippen LogP contribution in [0.25, 0.3) is 11.0 Å². The lowest BCUT2D eigenvalue weighted by atomic mass is 10.1. The molecular weight excluding hydrogens is 387 g/mol. The number of ether oxygens (including phenoxy) is 2. The van der Waals surface area contributed by atoms with Crippen molar-refractivity contribution < 1.29 is 13.9 Å². The number of nitrogens with zero attached hydrogens (tertiary/aromatic N) is 1. The Kier molecular flexibility index (Phi) is 6.70. The molecule has 0 fully saturated rings. The Hall–Kier alpha value is -1.76. The number of aromatic nitrogens is 2. The molecule has 0 saturated carbocycles. The van der Waals surface area contributed by atoms with Gasteiger partial charge < -0.3 is 14.5 Å². The zero-order chi connectivity index (χ0) is 17.1. The third-order valence-corrected chi connectivity index (χ3v) is 4.27. The van der Waals surface area contributed by atoms with Crippen molar-refractivity contribution in [2.24, 2.45) is 0 Å². The first kappa shape index (κ1) is 19.6. The van der Waals surface area contributed by atoms with Crippen LogP contribution < -0.4 is 0 Å². The van der Waals surface area contributed by atoms with Crippen LogP contribution in [0.15, 0.2) is 36.5 Å². The maximum absolute atomic E-state index is 12.9. The van der Waals surface area contributed by atoms with E-state index in [0.29, 0.717) is 13.0 Å². The van der Waals surface area contributed by atoms with Gasteiger partial charge in [-0.1, -0.05) is 12.1 Å². The van der Waals surface area contributed by atoms with Gasteiger partial charge in [0.1, 0.15) is 5.82 Å². The van der Waals surface area contributed by atoms with Gasteiger partial charge in [0.2, 0.25) is 0 Å². The number of fused-ring (bicyclic) bond motifs is 1. The Morgan fingerprint density at radius 1 is 1.16 bits per heavy atom. The van der Waals surface area contributed by atoms with E-state index in [1.807, 2.05) is 19.2 Å². The molecule has 3 rings (SSSR count). The molecule has 134 valence electrons. The van der Waals surface area contributed by atoms with Gasteiger partial charge >= 0.3 is 0 Å². The highest BCUT2D eigenvalue weighted by atomic mass is 79.9. The molecule has 25 heavy (non-hydrogen) atoms. The predicted molar refractivity (Wildman–Crippen MR) is 102 cm³/mol. The number of rotatable bonds is 6. The Labute approximate surface area is 157 Å². The minimum absolute atomic E-state index is 0. The van der Waals surface area contributed by atoms with Gasteiger partial charge in [-0.25, -0.2) is 4.39 Å². The Bertz CT molecular complexity index is 833. The fraction of sp³-hybridized carbons (Fsp3) is 0.316. The quantitative estimate of drug-likeness (QED) is 0.604. The van der Waals surface area contributed by atoms with Crippen LogP contribution in [0.3, 0.4) is 0 Å². The van der Waals surface area contributed by atoms with E-state index < -0.39 is 0 Å². The molecule has 1 atom stereocenters. The van der Waals surface area contributed by atoms with Crippen LogP contribution in [0.4, 0.5) is 4.39 Å². The van der Waals surface area contributed by atoms with Gasteiger partial charge in [0.15, 0.2) is 6.29 Å². The zero-order valence-electron chi connectivity index (χ0n) is 14.5. The number of aromatic amines is 1.